The number of hydrogen-bond donors (Lipinski definition) is 1. The Bertz CT molecular complexity index is 1450. The van der Waals surface area contributed by atoms with Crippen LogP contribution in [-0.4, -0.2) is 30.7 Å². The molecule has 1 N–H and O–H groups in total. The summed E-state index contributed by atoms with van der Waals surface area (Å²) in [5.41, 5.74) is 2.71. The van der Waals surface area contributed by atoms with Gasteiger partial charge in [-0.15, -0.1) is 0 Å². The summed E-state index contributed by atoms with van der Waals surface area (Å²) in [7, 11) is 1.32. The molecule has 10 heteroatoms. The van der Waals surface area contributed by atoms with E-state index in [2.05, 4.69) is 10.5 Å². The Morgan fingerprint density at radius 1 is 1.00 bits per heavy atom. The van der Waals surface area contributed by atoms with E-state index >= 15 is 0 Å². The number of aromatic nitrogens is 1. The number of methoxy groups -OCH3 is 1. The van der Waals surface area contributed by atoms with Gasteiger partial charge in [-0.2, -0.15) is 0 Å². The van der Waals surface area contributed by atoms with Crippen molar-refractivity contribution in [1.29, 1.82) is 0 Å². The fourth-order valence-corrected chi connectivity index (χ4v) is 7.16. The molecule has 41 heavy (non-hydrogen) atoms. The van der Waals surface area contributed by atoms with Gasteiger partial charge in [-0.25, -0.2) is 4.79 Å². The van der Waals surface area contributed by atoms with Gasteiger partial charge in [0, 0.05) is 22.5 Å². The van der Waals surface area contributed by atoms with Gasteiger partial charge in [-0.1, -0.05) is 46.0 Å². The van der Waals surface area contributed by atoms with Crippen LogP contribution in [0.5, 0.6) is 0 Å². The number of rotatable bonds is 9. The van der Waals surface area contributed by atoms with Crippen molar-refractivity contribution in [2.75, 3.05) is 19.0 Å². The minimum atomic E-state index is -0.474. The van der Waals surface area contributed by atoms with Gasteiger partial charge in [-0.3, -0.25) is 4.79 Å². The largest absolute Gasteiger partial charge is 0.465 e. The van der Waals surface area contributed by atoms with Crippen LogP contribution >= 0.6 is 34.8 Å². The molecule has 0 radical (unpaired) electrons. The maximum atomic E-state index is 13.4. The fraction of sp³-hybridized carbons (Fsp3) is 0.452. The maximum Gasteiger partial charge on any atom is 0.337 e. The number of carbonyl (C=O) groups is 2. The van der Waals surface area contributed by atoms with Crippen LogP contribution in [0.2, 0.25) is 15.1 Å². The predicted molar refractivity (Wildman–Crippen MR) is 158 cm³/mol. The molecule has 0 spiro atoms. The topological polar surface area (TPSA) is 90.7 Å². The highest BCUT2D eigenvalue weighted by atomic mass is 35.5. The Kier molecular flexibility index (Phi) is 7.83. The molecule has 1 aromatic heterocycles. The lowest BCUT2D eigenvalue weighted by molar-refractivity contribution is -0.138. The predicted octanol–water partition coefficient (Wildman–Crippen LogP) is 8.46. The van der Waals surface area contributed by atoms with Crippen molar-refractivity contribution >= 4 is 52.4 Å². The Morgan fingerprint density at radius 3 is 2.29 bits per heavy atom. The molecule has 7 rings (SSSR count). The molecule has 0 saturated heterocycles. The van der Waals surface area contributed by atoms with E-state index in [4.69, 9.17) is 48.8 Å². The van der Waals surface area contributed by atoms with Gasteiger partial charge in [-0.05, 0) is 87.1 Å². The molecule has 216 valence electrons. The average molecular weight is 618 g/mol. The highest BCUT2D eigenvalue weighted by Gasteiger charge is 2.52. The van der Waals surface area contributed by atoms with Crippen molar-refractivity contribution in [2.24, 2.45) is 10.8 Å². The van der Waals surface area contributed by atoms with Crippen LogP contribution in [0.3, 0.4) is 0 Å². The Hall–Kier alpha value is -2.58. The van der Waals surface area contributed by atoms with E-state index in [1.165, 1.54) is 13.2 Å². The van der Waals surface area contributed by atoms with Crippen molar-refractivity contribution in [3.8, 4) is 11.3 Å². The summed E-state index contributed by atoms with van der Waals surface area (Å²) in [5, 5.41) is 8.75. The van der Waals surface area contributed by atoms with Crippen molar-refractivity contribution in [1.82, 2.24) is 5.16 Å². The van der Waals surface area contributed by atoms with Crippen LogP contribution in [-0.2, 0) is 20.9 Å². The minimum absolute atomic E-state index is 0.0146. The molecule has 3 aromatic rings. The first-order valence-electron chi connectivity index (χ1n) is 13.9. The number of nitrogens with one attached hydrogen (secondary N) is 1. The number of esters is 1. The summed E-state index contributed by atoms with van der Waals surface area (Å²) in [6, 6.07) is 10.2. The van der Waals surface area contributed by atoms with Crippen molar-refractivity contribution in [3.05, 3.63) is 68.4 Å². The van der Waals surface area contributed by atoms with Crippen LogP contribution in [0.1, 0.15) is 79.0 Å². The number of anilines is 1. The van der Waals surface area contributed by atoms with Gasteiger partial charge in [0.15, 0.2) is 0 Å². The van der Waals surface area contributed by atoms with E-state index in [9.17, 15) is 9.59 Å². The Labute approximate surface area is 253 Å². The number of benzene rings is 2. The smallest absolute Gasteiger partial charge is 0.337 e. The monoisotopic (exact) mass is 616 g/mol. The van der Waals surface area contributed by atoms with Gasteiger partial charge in [0.2, 0.25) is 5.91 Å². The molecule has 0 atom stereocenters. The molecule has 0 aliphatic heterocycles. The molecule has 4 aliphatic carbocycles. The average Bonchev–Trinajstić information content (AvgIpc) is 3.75. The van der Waals surface area contributed by atoms with Crippen molar-refractivity contribution in [2.45, 2.75) is 63.9 Å². The van der Waals surface area contributed by atoms with Crippen LogP contribution in [0.4, 0.5) is 5.69 Å². The van der Waals surface area contributed by atoms with Crippen LogP contribution in [0, 0.1) is 10.8 Å². The molecule has 2 aromatic carbocycles. The second-order valence-corrected chi connectivity index (χ2v) is 12.9. The summed E-state index contributed by atoms with van der Waals surface area (Å²) in [4.78, 5) is 25.2. The van der Waals surface area contributed by atoms with Crippen LogP contribution < -0.4 is 5.32 Å². The highest BCUT2D eigenvalue weighted by molar-refractivity contribution is 6.39. The lowest BCUT2D eigenvalue weighted by atomic mass is 9.53. The van der Waals surface area contributed by atoms with E-state index in [0.717, 1.165) is 62.7 Å². The number of ether oxygens (including phenoxy) is 2. The standard InChI is InChI=1S/C31H31Cl3N2O5/c1-39-28(37)19-7-8-24(23(34)15-19)35-29(38)31-12-9-30(10-13-31,11-14-31)17-40-16-20-26(36-41-27(20)18-5-6-18)25-21(32)3-2-4-22(25)33/h2-4,7-8,15,18H,5-6,9-14,16-17H2,1H3,(H,35,38). The second kappa shape index (κ2) is 11.3. The fourth-order valence-electron chi connectivity index (χ4n) is 6.35. The van der Waals surface area contributed by atoms with Crippen LogP contribution in [0.25, 0.3) is 11.3 Å². The number of fused-ring (bicyclic) bond motifs is 3. The summed E-state index contributed by atoms with van der Waals surface area (Å²) >= 11 is 19.4. The summed E-state index contributed by atoms with van der Waals surface area (Å²) < 4.78 is 16.9. The lowest BCUT2D eigenvalue weighted by Gasteiger charge is -2.52. The third-order valence-corrected chi connectivity index (χ3v) is 10.1. The first-order valence-corrected chi connectivity index (χ1v) is 15.1. The normalized spacial score (nSPS) is 23.4. The molecule has 7 nitrogen and oxygen atoms in total. The highest BCUT2D eigenvalue weighted by Crippen LogP contribution is 2.57. The quantitative estimate of drug-likeness (QED) is 0.242. The van der Waals surface area contributed by atoms with Crippen LogP contribution in [0.15, 0.2) is 40.9 Å². The molecule has 2 bridgehead atoms. The number of amides is 1. The van der Waals surface area contributed by atoms with Gasteiger partial charge in [0.05, 0.1) is 46.6 Å². The van der Waals surface area contributed by atoms with Crippen molar-refractivity contribution in [3.63, 3.8) is 0 Å². The first kappa shape index (κ1) is 28.5. The maximum absolute atomic E-state index is 13.4. The molecule has 1 amide bonds. The number of nitrogens with zero attached hydrogens (tertiary/aromatic N) is 1. The van der Waals surface area contributed by atoms with Gasteiger partial charge >= 0.3 is 5.97 Å². The SMILES string of the molecule is COC(=O)c1ccc(NC(=O)C23CCC(COCc4c(-c5c(Cl)cccc5Cl)noc4C4CC4)(CC2)CC3)c(Cl)c1. The third kappa shape index (κ3) is 5.50. The molecule has 0 unspecified atom stereocenters. The van der Waals surface area contributed by atoms with Gasteiger partial charge in [0.25, 0.3) is 0 Å². The number of hydrogen-bond acceptors (Lipinski definition) is 6. The summed E-state index contributed by atoms with van der Waals surface area (Å²) in [5.74, 6) is 0.745. The summed E-state index contributed by atoms with van der Waals surface area (Å²) in [6.45, 7) is 0.982. The first-order chi connectivity index (χ1) is 19.7. The number of carbonyl (C=O) groups excluding carboxylic acids is 2. The molecule has 1 heterocycles. The van der Waals surface area contributed by atoms with E-state index in [1.807, 2.05) is 6.07 Å². The molecule has 4 fully saturated rings. The molecule has 4 saturated carbocycles. The van der Waals surface area contributed by atoms with E-state index in [-0.39, 0.29) is 11.3 Å². The Balaban J connectivity index is 1.10. The van der Waals surface area contributed by atoms with E-state index < -0.39 is 11.4 Å². The molecular formula is C31H31Cl3N2O5. The zero-order valence-electron chi connectivity index (χ0n) is 22.7. The minimum Gasteiger partial charge on any atom is -0.465 e. The zero-order chi connectivity index (χ0) is 28.8. The van der Waals surface area contributed by atoms with Crippen molar-refractivity contribution < 1.29 is 23.6 Å². The lowest BCUT2D eigenvalue weighted by Crippen LogP contribution is -2.49. The molecule has 4 aliphatic rings. The van der Waals surface area contributed by atoms with E-state index in [1.54, 1.807) is 24.3 Å². The third-order valence-electron chi connectivity index (χ3n) is 9.14. The second-order valence-electron chi connectivity index (χ2n) is 11.7. The van der Waals surface area contributed by atoms with Gasteiger partial charge in [0.1, 0.15) is 11.5 Å². The summed E-state index contributed by atoms with van der Waals surface area (Å²) in [6.07, 6.45) is 7.27. The number of halogens is 3. The van der Waals surface area contributed by atoms with E-state index in [0.29, 0.717) is 56.7 Å². The molecular weight excluding hydrogens is 587 g/mol. The van der Waals surface area contributed by atoms with Gasteiger partial charge < -0.3 is 19.3 Å². The Morgan fingerprint density at radius 2 is 1.68 bits per heavy atom. The zero-order valence-corrected chi connectivity index (χ0v) is 25.0.